The first-order chi connectivity index (χ1) is 14.3. The fourth-order valence-electron chi connectivity index (χ4n) is 3.44. The molecule has 0 fully saturated rings. The smallest absolute Gasteiger partial charge is 0.231 e. The molecular formula is C23H21N3O2S. The fraction of sp³-hybridized carbons (Fsp3) is 0.174. The number of benzene rings is 2. The van der Waals surface area contributed by atoms with E-state index < -0.39 is 0 Å². The Kier molecular flexibility index (Phi) is 4.79. The van der Waals surface area contributed by atoms with Crippen LogP contribution in [0.1, 0.15) is 23.4 Å². The van der Waals surface area contributed by atoms with E-state index in [-0.39, 0.29) is 12.8 Å². The number of nitrogens with one attached hydrogen (secondary N) is 1. The predicted octanol–water partition coefficient (Wildman–Crippen LogP) is 5.18. The standard InChI is InChI=1S/C23H21N3O2S/c1-16(22-8-5-11-29-22)24-13-18-14-26(19-6-3-2-4-7-19)25-23(18)17-9-10-20-21(12-17)28-15-27-20/h2-12,14,16,24H,13,15H2,1H3/t16-/m0/s1. The highest BCUT2D eigenvalue weighted by atomic mass is 32.1. The maximum absolute atomic E-state index is 5.57. The summed E-state index contributed by atoms with van der Waals surface area (Å²) in [5.74, 6) is 1.55. The van der Waals surface area contributed by atoms with E-state index in [0.29, 0.717) is 0 Å². The summed E-state index contributed by atoms with van der Waals surface area (Å²) in [4.78, 5) is 1.32. The number of para-hydroxylation sites is 1. The van der Waals surface area contributed by atoms with E-state index >= 15 is 0 Å². The van der Waals surface area contributed by atoms with Crippen LogP contribution in [0.2, 0.25) is 0 Å². The van der Waals surface area contributed by atoms with Gasteiger partial charge in [-0.05, 0) is 48.7 Å². The van der Waals surface area contributed by atoms with Gasteiger partial charge in [0.25, 0.3) is 0 Å². The second-order valence-electron chi connectivity index (χ2n) is 6.97. The molecule has 2 aromatic carbocycles. The van der Waals surface area contributed by atoms with Gasteiger partial charge in [0.15, 0.2) is 11.5 Å². The van der Waals surface area contributed by atoms with Gasteiger partial charge in [-0.3, -0.25) is 0 Å². The van der Waals surface area contributed by atoms with Crippen LogP contribution in [-0.4, -0.2) is 16.6 Å². The first kappa shape index (κ1) is 18.0. The third kappa shape index (κ3) is 3.64. The van der Waals surface area contributed by atoms with Crippen molar-refractivity contribution in [3.8, 4) is 28.4 Å². The topological polar surface area (TPSA) is 48.3 Å². The van der Waals surface area contributed by atoms with Crippen LogP contribution in [0.25, 0.3) is 16.9 Å². The van der Waals surface area contributed by atoms with Crippen molar-refractivity contribution >= 4 is 11.3 Å². The van der Waals surface area contributed by atoms with Gasteiger partial charge >= 0.3 is 0 Å². The number of fused-ring (bicyclic) bond motifs is 1. The molecule has 29 heavy (non-hydrogen) atoms. The van der Waals surface area contributed by atoms with Crippen LogP contribution in [-0.2, 0) is 6.54 Å². The molecular weight excluding hydrogens is 382 g/mol. The summed E-state index contributed by atoms with van der Waals surface area (Å²) in [5, 5.41) is 10.6. The fourth-order valence-corrected chi connectivity index (χ4v) is 4.20. The van der Waals surface area contributed by atoms with Crippen molar-refractivity contribution in [2.45, 2.75) is 19.5 Å². The molecule has 5 nitrogen and oxygen atoms in total. The summed E-state index contributed by atoms with van der Waals surface area (Å²) in [7, 11) is 0. The van der Waals surface area contributed by atoms with Crippen LogP contribution >= 0.6 is 11.3 Å². The SMILES string of the molecule is C[C@H](NCc1cn(-c2ccccc2)nc1-c1ccc2c(c1)OCO2)c1cccs1. The molecule has 0 amide bonds. The van der Waals surface area contributed by atoms with Gasteiger partial charge in [-0.15, -0.1) is 11.3 Å². The third-order valence-electron chi connectivity index (χ3n) is 5.03. The molecule has 1 aliphatic heterocycles. The van der Waals surface area contributed by atoms with Crippen LogP contribution in [0.5, 0.6) is 11.5 Å². The Morgan fingerprint density at radius 1 is 1.07 bits per heavy atom. The zero-order chi connectivity index (χ0) is 19.6. The highest BCUT2D eigenvalue weighted by Crippen LogP contribution is 2.36. The van der Waals surface area contributed by atoms with Gasteiger partial charge in [-0.1, -0.05) is 24.3 Å². The average Bonchev–Trinajstić information content (AvgIpc) is 3.52. The van der Waals surface area contributed by atoms with E-state index in [1.165, 1.54) is 4.88 Å². The van der Waals surface area contributed by atoms with Crippen LogP contribution in [0.4, 0.5) is 0 Å². The second-order valence-corrected chi connectivity index (χ2v) is 7.95. The van der Waals surface area contributed by atoms with Gasteiger partial charge in [0.2, 0.25) is 6.79 Å². The first-order valence-corrected chi connectivity index (χ1v) is 10.5. The molecule has 5 rings (SSSR count). The van der Waals surface area contributed by atoms with Crippen molar-refractivity contribution in [3.63, 3.8) is 0 Å². The molecule has 3 heterocycles. The molecule has 0 bridgehead atoms. The molecule has 1 atom stereocenters. The van der Waals surface area contributed by atoms with Crippen molar-refractivity contribution in [1.29, 1.82) is 0 Å². The van der Waals surface area contributed by atoms with Gasteiger partial charge < -0.3 is 14.8 Å². The monoisotopic (exact) mass is 403 g/mol. The zero-order valence-electron chi connectivity index (χ0n) is 16.0. The predicted molar refractivity (Wildman–Crippen MR) is 115 cm³/mol. The molecule has 0 radical (unpaired) electrons. The molecule has 4 aromatic rings. The largest absolute Gasteiger partial charge is 0.454 e. The van der Waals surface area contributed by atoms with E-state index in [2.05, 4.69) is 48.1 Å². The summed E-state index contributed by atoms with van der Waals surface area (Å²) >= 11 is 1.77. The van der Waals surface area contributed by atoms with Crippen LogP contribution in [0.3, 0.4) is 0 Å². The minimum Gasteiger partial charge on any atom is -0.454 e. The van der Waals surface area contributed by atoms with Gasteiger partial charge in [0, 0.05) is 34.8 Å². The lowest BCUT2D eigenvalue weighted by Gasteiger charge is -2.12. The quantitative estimate of drug-likeness (QED) is 0.482. The van der Waals surface area contributed by atoms with Gasteiger partial charge in [-0.25, -0.2) is 4.68 Å². The molecule has 0 unspecified atom stereocenters. The lowest BCUT2D eigenvalue weighted by molar-refractivity contribution is 0.174. The Morgan fingerprint density at radius 2 is 1.93 bits per heavy atom. The zero-order valence-corrected chi connectivity index (χ0v) is 16.9. The summed E-state index contributed by atoms with van der Waals surface area (Å²) < 4.78 is 13.0. The number of ether oxygens (including phenoxy) is 2. The number of nitrogens with zero attached hydrogens (tertiary/aromatic N) is 2. The third-order valence-corrected chi connectivity index (χ3v) is 6.08. The van der Waals surface area contributed by atoms with E-state index in [1.54, 1.807) is 11.3 Å². The molecule has 0 saturated carbocycles. The first-order valence-electron chi connectivity index (χ1n) is 9.59. The Bertz CT molecular complexity index is 1110. The summed E-state index contributed by atoms with van der Waals surface area (Å²) in [6.45, 7) is 3.17. The molecule has 1 aliphatic rings. The summed E-state index contributed by atoms with van der Waals surface area (Å²) in [6.07, 6.45) is 2.10. The Balaban J connectivity index is 1.49. The molecule has 0 saturated heterocycles. The van der Waals surface area contributed by atoms with E-state index in [0.717, 1.165) is 40.6 Å². The normalized spacial score (nSPS) is 13.6. The summed E-state index contributed by atoms with van der Waals surface area (Å²) in [5.41, 5.74) is 4.13. The number of hydrogen-bond acceptors (Lipinski definition) is 5. The maximum atomic E-state index is 5.57. The molecule has 0 aliphatic carbocycles. The van der Waals surface area contributed by atoms with Crippen molar-refractivity contribution in [2.75, 3.05) is 6.79 Å². The molecule has 0 spiro atoms. The molecule has 1 N–H and O–H groups in total. The molecule has 2 aromatic heterocycles. The minimum absolute atomic E-state index is 0.268. The highest BCUT2D eigenvalue weighted by Gasteiger charge is 2.18. The lowest BCUT2D eigenvalue weighted by atomic mass is 10.1. The van der Waals surface area contributed by atoms with E-state index in [9.17, 15) is 0 Å². The Morgan fingerprint density at radius 3 is 2.76 bits per heavy atom. The minimum atomic E-state index is 0.268. The number of rotatable bonds is 6. The van der Waals surface area contributed by atoms with Crippen molar-refractivity contribution in [1.82, 2.24) is 15.1 Å². The van der Waals surface area contributed by atoms with Crippen molar-refractivity contribution in [2.24, 2.45) is 0 Å². The van der Waals surface area contributed by atoms with Crippen molar-refractivity contribution in [3.05, 3.63) is 82.7 Å². The highest BCUT2D eigenvalue weighted by molar-refractivity contribution is 7.10. The second kappa shape index (κ2) is 7.73. The summed E-state index contributed by atoms with van der Waals surface area (Å²) in [6, 6.07) is 20.7. The Hall–Kier alpha value is -3.09. The van der Waals surface area contributed by atoms with Crippen LogP contribution < -0.4 is 14.8 Å². The van der Waals surface area contributed by atoms with Gasteiger partial charge in [-0.2, -0.15) is 5.10 Å². The maximum Gasteiger partial charge on any atom is 0.231 e. The van der Waals surface area contributed by atoms with E-state index in [4.69, 9.17) is 14.6 Å². The van der Waals surface area contributed by atoms with Gasteiger partial charge in [0.05, 0.1) is 11.4 Å². The van der Waals surface area contributed by atoms with Crippen LogP contribution in [0.15, 0.2) is 72.2 Å². The number of hydrogen-bond donors (Lipinski definition) is 1. The number of aromatic nitrogens is 2. The van der Waals surface area contributed by atoms with Gasteiger partial charge in [0.1, 0.15) is 0 Å². The van der Waals surface area contributed by atoms with Crippen molar-refractivity contribution < 1.29 is 9.47 Å². The van der Waals surface area contributed by atoms with Crippen LogP contribution in [0, 0.1) is 0 Å². The van der Waals surface area contributed by atoms with E-state index in [1.807, 2.05) is 41.1 Å². The average molecular weight is 404 g/mol. The Labute approximate surface area is 173 Å². The molecule has 6 heteroatoms. The lowest BCUT2D eigenvalue weighted by Crippen LogP contribution is -2.17. The molecule has 146 valence electrons. The number of thiophene rings is 1.